The first kappa shape index (κ1) is 28.2. The van der Waals surface area contributed by atoms with Crippen molar-refractivity contribution in [1.82, 2.24) is 9.55 Å². The monoisotopic (exact) mass is 467 g/mol. The van der Waals surface area contributed by atoms with E-state index in [0.717, 1.165) is 12.8 Å². The SMILES string of the molecule is CCCCCCCCCCCCC=CC(Sc1ncc(NC=O)n1C)C(O)CCC(=O)O. The molecule has 7 nitrogen and oxygen atoms in total. The summed E-state index contributed by atoms with van der Waals surface area (Å²) in [7, 11) is 1.79. The van der Waals surface area contributed by atoms with Crippen LogP contribution in [0.1, 0.15) is 90.4 Å². The van der Waals surface area contributed by atoms with E-state index in [-0.39, 0.29) is 18.1 Å². The van der Waals surface area contributed by atoms with E-state index in [1.165, 1.54) is 69.5 Å². The molecule has 1 heterocycles. The van der Waals surface area contributed by atoms with Crippen LogP contribution in [0, 0.1) is 0 Å². The molecule has 1 amide bonds. The van der Waals surface area contributed by atoms with Crippen molar-refractivity contribution in [2.24, 2.45) is 7.05 Å². The maximum Gasteiger partial charge on any atom is 0.303 e. The smallest absolute Gasteiger partial charge is 0.303 e. The first-order valence-corrected chi connectivity index (χ1v) is 12.8. The zero-order valence-corrected chi connectivity index (χ0v) is 20.5. The Morgan fingerprint density at radius 3 is 2.38 bits per heavy atom. The Kier molecular flexibility index (Phi) is 15.6. The molecule has 3 N–H and O–H groups in total. The molecule has 0 aromatic carbocycles. The Balaban J connectivity index is 2.44. The van der Waals surface area contributed by atoms with Crippen molar-refractivity contribution in [2.45, 2.75) is 107 Å². The molecule has 0 aliphatic rings. The second-order valence-corrected chi connectivity index (χ2v) is 9.37. The minimum absolute atomic E-state index is 0.0803. The summed E-state index contributed by atoms with van der Waals surface area (Å²) in [6.07, 6.45) is 19.4. The normalized spacial score (nSPS) is 13.3. The molecule has 32 heavy (non-hydrogen) atoms. The Labute approximate surface area is 197 Å². The van der Waals surface area contributed by atoms with E-state index in [2.05, 4.69) is 23.3 Å². The number of imidazole rings is 1. The van der Waals surface area contributed by atoms with Crippen LogP contribution in [-0.4, -0.2) is 43.5 Å². The number of rotatable bonds is 20. The maximum atomic E-state index is 10.9. The number of hydrogen-bond donors (Lipinski definition) is 3. The Morgan fingerprint density at radius 1 is 1.16 bits per heavy atom. The van der Waals surface area contributed by atoms with Crippen molar-refractivity contribution < 1.29 is 19.8 Å². The van der Waals surface area contributed by atoms with Gasteiger partial charge in [0.1, 0.15) is 5.82 Å². The fraction of sp³-hybridized carbons (Fsp3) is 0.708. The predicted octanol–water partition coefficient (Wildman–Crippen LogP) is 5.54. The summed E-state index contributed by atoms with van der Waals surface area (Å²) in [5.74, 6) is -0.354. The van der Waals surface area contributed by atoms with Crippen molar-refractivity contribution >= 4 is 30.0 Å². The molecular formula is C24H41N3O4S. The zero-order chi connectivity index (χ0) is 23.6. The van der Waals surface area contributed by atoms with Crippen LogP contribution >= 0.6 is 11.8 Å². The van der Waals surface area contributed by atoms with Crippen LogP contribution < -0.4 is 5.32 Å². The number of allylic oxidation sites excluding steroid dienone is 1. The summed E-state index contributed by atoms with van der Waals surface area (Å²) in [5.41, 5.74) is 0. The maximum absolute atomic E-state index is 10.9. The van der Waals surface area contributed by atoms with Gasteiger partial charge in [-0.1, -0.05) is 88.6 Å². The van der Waals surface area contributed by atoms with E-state index in [4.69, 9.17) is 5.11 Å². The zero-order valence-electron chi connectivity index (χ0n) is 19.7. The first-order valence-electron chi connectivity index (χ1n) is 11.9. The minimum atomic E-state index is -0.920. The first-order chi connectivity index (χ1) is 15.5. The van der Waals surface area contributed by atoms with Gasteiger partial charge in [0.15, 0.2) is 5.16 Å². The molecule has 1 aromatic heterocycles. The van der Waals surface area contributed by atoms with Crippen LogP contribution in [0.3, 0.4) is 0 Å². The van der Waals surface area contributed by atoms with E-state index in [1.54, 1.807) is 17.8 Å². The van der Waals surface area contributed by atoms with Crippen molar-refractivity contribution in [3.05, 3.63) is 18.3 Å². The van der Waals surface area contributed by atoms with Gasteiger partial charge in [-0.15, -0.1) is 0 Å². The molecule has 8 heteroatoms. The molecule has 2 atom stereocenters. The van der Waals surface area contributed by atoms with Gasteiger partial charge < -0.3 is 20.1 Å². The van der Waals surface area contributed by atoms with Crippen LogP contribution in [0.25, 0.3) is 0 Å². The van der Waals surface area contributed by atoms with E-state index in [1.807, 2.05) is 6.08 Å². The van der Waals surface area contributed by atoms with Gasteiger partial charge in [0, 0.05) is 13.5 Å². The molecule has 0 fully saturated rings. The molecule has 0 saturated heterocycles. The summed E-state index contributed by atoms with van der Waals surface area (Å²) < 4.78 is 1.74. The van der Waals surface area contributed by atoms with Crippen molar-refractivity contribution in [1.29, 1.82) is 0 Å². The average molecular weight is 468 g/mol. The number of amides is 1. The third kappa shape index (κ3) is 12.3. The number of thioether (sulfide) groups is 1. The minimum Gasteiger partial charge on any atom is -0.481 e. The number of nitrogens with zero attached hydrogens (tertiary/aromatic N) is 2. The highest BCUT2D eigenvalue weighted by Gasteiger charge is 2.21. The highest BCUT2D eigenvalue weighted by molar-refractivity contribution is 8.00. The molecule has 0 bridgehead atoms. The topological polar surface area (TPSA) is 104 Å². The molecular weight excluding hydrogens is 426 g/mol. The van der Waals surface area contributed by atoms with Crippen LogP contribution in [0.15, 0.2) is 23.5 Å². The van der Waals surface area contributed by atoms with Crippen LogP contribution in [0.5, 0.6) is 0 Å². The van der Waals surface area contributed by atoms with E-state index >= 15 is 0 Å². The summed E-state index contributed by atoms with van der Waals surface area (Å²) in [5, 5.41) is 22.4. The number of hydrogen-bond acceptors (Lipinski definition) is 5. The summed E-state index contributed by atoms with van der Waals surface area (Å²) in [4.78, 5) is 25.9. The molecule has 2 unspecified atom stereocenters. The number of aliphatic hydroxyl groups is 1. The summed E-state index contributed by atoms with van der Waals surface area (Å²) >= 11 is 1.37. The number of anilines is 1. The van der Waals surface area contributed by atoms with Gasteiger partial charge in [-0.05, 0) is 19.3 Å². The number of unbranched alkanes of at least 4 members (excludes halogenated alkanes) is 10. The second-order valence-electron chi connectivity index (χ2n) is 8.23. The Bertz CT molecular complexity index is 678. The Morgan fingerprint density at radius 2 is 1.78 bits per heavy atom. The van der Waals surface area contributed by atoms with Gasteiger partial charge in [-0.2, -0.15) is 0 Å². The number of carboxylic acids is 1. The fourth-order valence-corrected chi connectivity index (χ4v) is 4.58. The largest absolute Gasteiger partial charge is 0.481 e. The number of aromatic nitrogens is 2. The van der Waals surface area contributed by atoms with Crippen molar-refractivity contribution in [2.75, 3.05) is 5.32 Å². The van der Waals surface area contributed by atoms with E-state index < -0.39 is 12.1 Å². The van der Waals surface area contributed by atoms with Gasteiger partial charge in [0.05, 0.1) is 17.6 Å². The molecule has 0 saturated carbocycles. The highest BCUT2D eigenvalue weighted by atomic mass is 32.2. The Hall–Kier alpha value is -1.80. The molecule has 1 rings (SSSR count). The van der Waals surface area contributed by atoms with Gasteiger partial charge >= 0.3 is 5.97 Å². The van der Waals surface area contributed by atoms with Crippen molar-refractivity contribution in [3.8, 4) is 0 Å². The van der Waals surface area contributed by atoms with Crippen LogP contribution in [0.2, 0.25) is 0 Å². The van der Waals surface area contributed by atoms with E-state index in [9.17, 15) is 14.7 Å². The third-order valence-electron chi connectivity index (χ3n) is 5.48. The number of aliphatic hydroxyl groups excluding tert-OH is 1. The van der Waals surface area contributed by atoms with Crippen molar-refractivity contribution in [3.63, 3.8) is 0 Å². The van der Waals surface area contributed by atoms with Gasteiger partial charge in [-0.3, -0.25) is 9.59 Å². The second kappa shape index (κ2) is 17.7. The lowest BCUT2D eigenvalue weighted by Crippen LogP contribution is -2.22. The molecule has 0 spiro atoms. The van der Waals surface area contributed by atoms with E-state index in [0.29, 0.717) is 17.4 Å². The lowest BCUT2D eigenvalue weighted by molar-refractivity contribution is -0.137. The van der Waals surface area contributed by atoms with Gasteiger partial charge in [-0.25, -0.2) is 4.98 Å². The quantitative estimate of drug-likeness (QED) is 0.101. The molecule has 1 aromatic rings. The third-order valence-corrected chi connectivity index (χ3v) is 6.81. The summed E-state index contributed by atoms with van der Waals surface area (Å²) in [6.45, 7) is 2.24. The number of aliphatic carboxylic acids is 1. The molecule has 0 radical (unpaired) electrons. The highest BCUT2D eigenvalue weighted by Crippen LogP contribution is 2.29. The number of carbonyl (C=O) groups is 2. The fourth-order valence-electron chi connectivity index (χ4n) is 3.48. The molecule has 0 aliphatic heterocycles. The lowest BCUT2D eigenvalue weighted by Gasteiger charge is -2.19. The average Bonchev–Trinajstić information content (AvgIpc) is 3.11. The summed E-state index contributed by atoms with van der Waals surface area (Å²) in [6, 6.07) is 0. The lowest BCUT2D eigenvalue weighted by atomic mass is 10.1. The predicted molar refractivity (Wildman–Crippen MR) is 131 cm³/mol. The number of carbonyl (C=O) groups excluding carboxylic acids is 1. The standard InChI is InChI=1S/C24H41N3O4S/c1-3-4-5-6-7-8-9-10-11-12-13-14-15-21(20(29)16-17-23(30)31)32-24-25-18-22(26-19-28)27(24)2/h14-15,18-21,29H,3-13,16-17H2,1-2H3,(H,26,28)(H,30,31). The number of nitrogens with one attached hydrogen (secondary N) is 1. The van der Waals surface area contributed by atoms with Crippen LogP contribution in [0.4, 0.5) is 5.82 Å². The van der Waals surface area contributed by atoms with Gasteiger partial charge in [0.2, 0.25) is 6.41 Å². The molecule has 182 valence electrons. The van der Waals surface area contributed by atoms with Gasteiger partial charge in [0.25, 0.3) is 0 Å². The molecule has 0 aliphatic carbocycles. The number of carboxylic acid groups (broad SMARTS) is 1. The van der Waals surface area contributed by atoms with Crippen LogP contribution in [-0.2, 0) is 16.6 Å².